The zero-order valence-electron chi connectivity index (χ0n) is 11.8. The van der Waals surface area contributed by atoms with Gasteiger partial charge in [0.1, 0.15) is 12.1 Å². The van der Waals surface area contributed by atoms with E-state index >= 15 is 0 Å². The first kappa shape index (κ1) is 18.8. The fraction of sp³-hybridized carbons (Fsp3) is 0.818. The standard InChI is InChI=1S/C11H22N2O6S/c1-7(2)6-9(13-20(3,18)19)10(15)12-8(4-5-14)11(16)17/h7-9,13-14H,4-6H2,1-3H3,(H,12,15)(H,16,17)/t8-,9?/m0/s1. The van der Waals surface area contributed by atoms with Crippen LogP contribution in [-0.4, -0.2) is 55.5 Å². The van der Waals surface area contributed by atoms with E-state index < -0.39 is 40.6 Å². The third-order valence-electron chi connectivity index (χ3n) is 2.41. The van der Waals surface area contributed by atoms with Crippen molar-refractivity contribution in [3.63, 3.8) is 0 Å². The molecule has 0 aliphatic rings. The smallest absolute Gasteiger partial charge is 0.326 e. The molecule has 0 aliphatic heterocycles. The van der Waals surface area contributed by atoms with E-state index in [4.69, 9.17) is 10.2 Å². The number of hydrogen-bond acceptors (Lipinski definition) is 5. The lowest BCUT2D eigenvalue weighted by Crippen LogP contribution is -2.52. The minimum absolute atomic E-state index is 0.0427. The third kappa shape index (κ3) is 8.08. The number of aliphatic carboxylic acids is 1. The molecule has 9 heteroatoms. The van der Waals surface area contributed by atoms with Gasteiger partial charge in [0.15, 0.2) is 0 Å². The Hall–Kier alpha value is -1.19. The summed E-state index contributed by atoms with van der Waals surface area (Å²) in [6.45, 7) is 3.23. The molecule has 0 saturated carbocycles. The average Bonchev–Trinajstić information content (AvgIpc) is 2.24. The van der Waals surface area contributed by atoms with E-state index in [1.54, 1.807) is 0 Å². The van der Waals surface area contributed by atoms with Crippen LogP contribution in [0.25, 0.3) is 0 Å². The number of aliphatic hydroxyl groups is 1. The highest BCUT2D eigenvalue weighted by molar-refractivity contribution is 7.88. The fourth-order valence-electron chi connectivity index (χ4n) is 1.60. The molecule has 0 aliphatic carbocycles. The number of nitrogens with one attached hydrogen (secondary N) is 2. The van der Waals surface area contributed by atoms with Crippen LogP contribution >= 0.6 is 0 Å². The molecule has 0 bridgehead atoms. The Balaban J connectivity index is 4.89. The first-order valence-corrected chi connectivity index (χ1v) is 8.07. The van der Waals surface area contributed by atoms with Crippen molar-refractivity contribution < 1.29 is 28.2 Å². The number of carbonyl (C=O) groups is 2. The third-order valence-corrected chi connectivity index (χ3v) is 3.12. The molecular formula is C11H22N2O6S. The van der Waals surface area contributed by atoms with E-state index in [1.165, 1.54) is 0 Å². The van der Waals surface area contributed by atoms with Crippen molar-refractivity contribution in [2.24, 2.45) is 5.92 Å². The molecule has 1 unspecified atom stereocenters. The van der Waals surface area contributed by atoms with Gasteiger partial charge in [-0.3, -0.25) is 4.79 Å². The summed E-state index contributed by atoms with van der Waals surface area (Å²) in [6, 6.07) is -2.28. The van der Waals surface area contributed by atoms with Gasteiger partial charge in [-0.05, 0) is 12.3 Å². The fourth-order valence-corrected chi connectivity index (χ4v) is 2.32. The predicted molar refractivity (Wildman–Crippen MR) is 72.5 cm³/mol. The Morgan fingerprint density at radius 2 is 1.75 bits per heavy atom. The maximum atomic E-state index is 12.0. The van der Waals surface area contributed by atoms with Crippen LogP contribution in [0.4, 0.5) is 0 Å². The Labute approximate surface area is 118 Å². The monoisotopic (exact) mass is 310 g/mol. The average molecular weight is 310 g/mol. The summed E-state index contributed by atoms with van der Waals surface area (Å²) in [5.41, 5.74) is 0. The topological polar surface area (TPSA) is 133 Å². The van der Waals surface area contributed by atoms with Gasteiger partial charge in [-0.2, -0.15) is 0 Å². The van der Waals surface area contributed by atoms with Crippen molar-refractivity contribution in [1.82, 2.24) is 10.0 Å². The Morgan fingerprint density at radius 3 is 2.10 bits per heavy atom. The molecule has 0 heterocycles. The van der Waals surface area contributed by atoms with Gasteiger partial charge in [0.25, 0.3) is 0 Å². The lowest BCUT2D eigenvalue weighted by atomic mass is 10.0. The molecule has 0 aromatic rings. The quantitative estimate of drug-likeness (QED) is 0.427. The molecule has 0 aromatic carbocycles. The molecule has 0 fully saturated rings. The molecular weight excluding hydrogens is 288 g/mol. The summed E-state index contributed by atoms with van der Waals surface area (Å²) in [7, 11) is -3.59. The SMILES string of the molecule is CC(C)CC(NS(C)(=O)=O)C(=O)N[C@@H](CCO)C(=O)O. The molecule has 0 saturated heterocycles. The summed E-state index contributed by atoms with van der Waals surface area (Å²) < 4.78 is 24.6. The van der Waals surface area contributed by atoms with Crippen LogP contribution in [0.1, 0.15) is 26.7 Å². The van der Waals surface area contributed by atoms with Crippen molar-refractivity contribution in [3.05, 3.63) is 0 Å². The molecule has 2 atom stereocenters. The largest absolute Gasteiger partial charge is 0.480 e. The van der Waals surface area contributed by atoms with Gasteiger partial charge in [-0.25, -0.2) is 17.9 Å². The molecule has 8 nitrogen and oxygen atoms in total. The van der Waals surface area contributed by atoms with Crippen LogP contribution in [0.15, 0.2) is 0 Å². The molecule has 118 valence electrons. The van der Waals surface area contributed by atoms with Crippen LogP contribution < -0.4 is 10.0 Å². The van der Waals surface area contributed by atoms with Crippen molar-refractivity contribution in [3.8, 4) is 0 Å². The number of carbonyl (C=O) groups excluding carboxylic acids is 1. The van der Waals surface area contributed by atoms with Gasteiger partial charge < -0.3 is 15.5 Å². The molecule has 0 radical (unpaired) electrons. The van der Waals surface area contributed by atoms with Gasteiger partial charge in [0, 0.05) is 13.0 Å². The first-order chi connectivity index (χ1) is 9.06. The van der Waals surface area contributed by atoms with Crippen molar-refractivity contribution in [1.29, 1.82) is 0 Å². The van der Waals surface area contributed by atoms with Crippen LogP contribution in [-0.2, 0) is 19.6 Å². The Bertz CT molecular complexity index is 434. The van der Waals surface area contributed by atoms with E-state index in [2.05, 4.69) is 10.0 Å². The molecule has 4 N–H and O–H groups in total. The summed E-state index contributed by atoms with van der Waals surface area (Å²) in [5.74, 6) is -1.96. The van der Waals surface area contributed by atoms with Crippen LogP contribution in [0.3, 0.4) is 0 Å². The molecule has 1 amide bonds. The second-order valence-electron chi connectivity index (χ2n) is 4.98. The number of hydrogen-bond donors (Lipinski definition) is 4. The van der Waals surface area contributed by atoms with Gasteiger partial charge >= 0.3 is 5.97 Å². The highest BCUT2D eigenvalue weighted by Gasteiger charge is 2.27. The number of amides is 1. The number of carboxylic acid groups (broad SMARTS) is 1. The number of aliphatic hydroxyl groups excluding tert-OH is 1. The van der Waals surface area contributed by atoms with Crippen molar-refractivity contribution in [2.45, 2.75) is 38.8 Å². The van der Waals surface area contributed by atoms with Crippen molar-refractivity contribution >= 4 is 21.9 Å². The van der Waals surface area contributed by atoms with E-state index in [1.807, 2.05) is 13.8 Å². The van der Waals surface area contributed by atoms with Crippen LogP contribution in [0.5, 0.6) is 0 Å². The second kappa shape index (κ2) is 8.18. The summed E-state index contributed by atoms with van der Waals surface area (Å²) >= 11 is 0. The highest BCUT2D eigenvalue weighted by atomic mass is 32.2. The maximum absolute atomic E-state index is 12.0. The summed E-state index contributed by atoms with van der Waals surface area (Å²) in [4.78, 5) is 22.9. The Kier molecular flexibility index (Phi) is 7.69. The normalized spacial score (nSPS) is 14.8. The van der Waals surface area contributed by atoms with Crippen LogP contribution in [0.2, 0.25) is 0 Å². The lowest BCUT2D eigenvalue weighted by Gasteiger charge is -2.21. The first-order valence-electron chi connectivity index (χ1n) is 6.18. The minimum Gasteiger partial charge on any atom is -0.480 e. The summed E-state index contributed by atoms with van der Waals surface area (Å²) in [5, 5.41) is 19.8. The molecule has 20 heavy (non-hydrogen) atoms. The number of carboxylic acids is 1. The van der Waals surface area contributed by atoms with Gasteiger partial charge in [0.05, 0.1) is 6.26 Å². The second-order valence-corrected chi connectivity index (χ2v) is 6.76. The summed E-state index contributed by atoms with van der Waals surface area (Å²) in [6.07, 6.45) is 1.02. The van der Waals surface area contributed by atoms with Crippen LogP contribution in [0, 0.1) is 5.92 Å². The molecule has 0 aromatic heterocycles. The van der Waals surface area contributed by atoms with Gasteiger partial charge in [0.2, 0.25) is 15.9 Å². The number of sulfonamides is 1. The van der Waals surface area contributed by atoms with Gasteiger partial charge in [-0.1, -0.05) is 13.8 Å². The van der Waals surface area contributed by atoms with Gasteiger partial charge in [-0.15, -0.1) is 0 Å². The predicted octanol–water partition coefficient (Wildman–Crippen LogP) is -1.10. The van der Waals surface area contributed by atoms with Crippen molar-refractivity contribution in [2.75, 3.05) is 12.9 Å². The van der Waals surface area contributed by atoms with E-state index in [0.29, 0.717) is 0 Å². The van der Waals surface area contributed by atoms with E-state index in [9.17, 15) is 18.0 Å². The van der Waals surface area contributed by atoms with E-state index in [-0.39, 0.29) is 18.8 Å². The molecule has 0 rings (SSSR count). The molecule has 0 spiro atoms. The van der Waals surface area contributed by atoms with E-state index in [0.717, 1.165) is 6.26 Å². The Morgan fingerprint density at radius 1 is 1.20 bits per heavy atom. The zero-order chi connectivity index (χ0) is 15.9. The number of rotatable bonds is 9. The highest BCUT2D eigenvalue weighted by Crippen LogP contribution is 2.07. The maximum Gasteiger partial charge on any atom is 0.326 e. The minimum atomic E-state index is -3.59. The zero-order valence-corrected chi connectivity index (χ0v) is 12.6. The lowest BCUT2D eigenvalue weighted by molar-refractivity contribution is -0.142.